The lowest BCUT2D eigenvalue weighted by Crippen LogP contribution is -2.29. The van der Waals surface area contributed by atoms with Crippen molar-refractivity contribution in [2.24, 2.45) is 7.05 Å². The molecule has 9 heteroatoms. The molecule has 0 spiro atoms. The molecule has 0 unspecified atom stereocenters. The minimum absolute atomic E-state index is 0.00994. The van der Waals surface area contributed by atoms with Crippen LogP contribution >= 0.6 is 0 Å². The van der Waals surface area contributed by atoms with Crippen molar-refractivity contribution in [3.63, 3.8) is 0 Å². The number of carbonyl (C=O) groups excluding carboxylic acids is 1. The van der Waals surface area contributed by atoms with Crippen LogP contribution in [-0.4, -0.2) is 63.6 Å². The fourth-order valence-corrected chi connectivity index (χ4v) is 5.96. The second-order valence-electron chi connectivity index (χ2n) is 10.9. The molecule has 4 aromatic rings. The van der Waals surface area contributed by atoms with Gasteiger partial charge in [-0.05, 0) is 61.2 Å². The standard InChI is InChI=1S/C31H33FN6O2/c1-19-15-21(30(39)35(2)3)16-25(32)28(19)20-7-12-37(13-8-20)18-22-17-24-27(6-11-34-29(24)36(22)4)38-14-9-26-23(31(38)40)5-10-33-26/h6-7,9,11,14-17,33H,5,8,10,12-13,18H2,1-4H3. The maximum absolute atomic E-state index is 15.2. The largest absolute Gasteiger partial charge is 0.384 e. The molecule has 0 saturated heterocycles. The number of nitrogens with one attached hydrogen (secondary N) is 1. The minimum Gasteiger partial charge on any atom is -0.384 e. The number of halogens is 1. The predicted octanol–water partition coefficient (Wildman–Crippen LogP) is 4.13. The monoisotopic (exact) mass is 540 g/mol. The maximum Gasteiger partial charge on any atom is 0.260 e. The molecule has 206 valence electrons. The summed E-state index contributed by atoms with van der Waals surface area (Å²) in [4.78, 5) is 33.9. The Morgan fingerprint density at radius 1 is 1.18 bits per heavy atom. The van der Waals surface area contributed by atoms with Crippen molar-refractivity contribution in [1.29, 1.82) is 0 Å². The molecule has 1 aromatic carbocycles. The van der Waals surface area contributed by atoms with Gasteiger partial charge in [0.1, 0.15) is 11.5 Å². The van der Waals surface area contributed by atoms with E-state index in [2.05, 4.69) is 31.9 Å². The summed E-state index contributed by atoms with van der Waals surface area (Å²) in [6, 6.07) is 9.11. The summed E-state index contributed by atoms with van der Waals surface area (Å²) in [7, 11) is 5.34. The lowest BCUT2D eigenvalue weighted by Gasteiger charge is -2.27. The van der Waals surface area contributed by atoms with E-state index in [1.165, 1.54) is 11.0 Å². The fraction of sp³-hybridized carbons (Fsp3) is 0.323. The third-order valence-corrected chi connectivity index (χ3v) is 8.09. The third kappa shape index (κ3) is 4.40. The Kier molecular flexibility index (Phi) is 6.54. The Hall–Kier alpha value is -4.24. The quantitative estimate of drug-likeness (QED) is 0.412. The highest BCUT2D eigenvalue weighted by Crippen LogP contribution is 2.31. The number of aryl methyl sites for hydroxylation is 2. The molecule has 0 atom stereocenters. The number of fused-ring (bicyclic) bond motifs is 2. The average Bonchev–Trinajstić information content (AvgIpc) is 3.54. The van der Waals surface area contributed by atoms with Gasteiger partial charge in [0.2, 0.25) is 0 Å². The normalized spacial score (nSPS) is 15.2. The average molecular weight is 541 g/mol. The molecule has 6 rings (SSSR count). The molecule has 2 aliphatic heterocycles. The maximum atomic E-state index is 15.2. The van der Waals surface area contributed by atoms with Crippen molar-refractivity contribution in [3.05, 3.63) is 92.9 Å². The zero-order valence-electron chi connectivity index (χ0n) is 23.3. The van der Waals surface area contributed by atoms with E-state index in [4.69, 9.17) is 0 Å². The molecule has 0 aliphatic carbocycles. The first-order valence-electron chi connectivity index (χ1n) is 13.6. The summed E-state index contributed by atoms with van der Waals surface area (Å²) >= 11 is 0. The van der Waals surface area contributed by atoms with Gasteiger partial charge >= 0.3 is 0 Å². The summed E-state index contributed by atoms with van der Waals surface area (Å²) in [5.74, 6) is -0.558. The lowest BCUT2D eigenvalue weighted by atomic mass is 9.93. The molecular formula is C31H33FN6O2. The molecule has 0 fully saturated rings. The molecule has 40 heavy (non-hydrogen) atoms. The summed E-state index contributed by atoms with van der Waals surface area (Å²) in [6.07, 6.45) is 7.12. The highest BCUT2D eigenvalue weighted by atomic mass is 19.1. The fourth-order valence-electron chi connectivity index (χ4n) is 5.96. The number of hydrogen-bond acceptors (Lipinski definition) is 5. The van der Waals surface area contributed by atoms with Crippen molar-refractivity contribution >= 4 is 28.2 Å². The smallest absolute Gasteiger partial charge is 0.260 e. The van der Waals surface area contributed by atoms with Gasteiger partial charge in [0.25, 0.3) is 11.5 Å². The number of anilines is 1. The van der Waals surface area contributed by atoms with E-state index in [-0.39, 0.29) is 17.3 Å². The van der Waals surface area contributed by atoms with Gasteiger partial charge in [-0.15, -0.1) is 0 Å². The van der Waals surface area contributed by atoms with Crippen LogP contribution in [0.2, 0.25) is 0 Å². The van der Waals surface area contributed by atoms with E-state index in [0.29, 0.717) is 30.6 Å². The predicted molar refractivity (Wildman–Crippen MR) is 156 cm³/mol. The van der Waals surface area contributed by atoms with Crippen molar-refractivity contribution in [1.82, 2.24) is 23.9 Å². The van der Waals surface area contributed by atoms with E-state index in [9.17, 15) is 9.59 Å². The first-order valence-corrected chi connectivity index (χ1v) is 13.6. The zero-order valence-corrected chi connectivity index (χ0v) is 23.3. The summed E-state index contributed by atoms with van der Waals surface area (Å²) < 4.78 is 19.0. The highest BCUT2D eigenvalue weighted by Gasteiger charge is 2.22. The first-order chi connectivity index (χ1) is 19.2. The Labute approximate surface area is 232 Å². The van der Waals surface area contributed by atoms with E-state index < -0.39 is 0 Å². The second-order valence-corrected chi connectivity index (χ2v) is 10.9. The number of amides is 1. The van der Waals surface area contributed by atoms with Gasteiger partial charge in [-0.2, -0.15) is 0 Å². The SMILES string of the molecule is Cc1cc(C(=O)N(C)C)cc(F)c1C1=CCN(Cc2cc3c(-n4ccc5c(c4=O)CCN5)ccnc3n2C)CC1. The van der Waals surface area contributed by atoms with Crippen LogP contribution in [0.1, 0.15) is 39.2 Å². The highest BCUT2D eigenvalue weighted by molar-refractivity contribution is 5.94. The van der Waals surface area contributed by atoms with E-state index in [1.54, 1.807) is 30.9 Å². The second kappa shape index (κ2) is 10.1. The first kappa shape index (κ1) is 26.0. The number of benzene rings is 1. The topological polar surface area (TPSA) is 75.4 Å². The molecule has 1 N–H and O–H groups in total. The van der Waals surface area contributed by atoms with Crippen molar-refractivity contribution in [2.75, 3.05) is 39.0 Å². The van der Waals surface area contributed by atoms with Crippen LogP contribution in [-0.2, 0) is 20.0 Å². The van der Waals surface area contributed by atoms with Gasteiger partial charge in [-0.3, -0.25) is 19.1 Å². The third-order valence-electron chi connectivity index (χ3n) is 8.09. The molecule has 1 amide bonds. The summed E-state index contributed by atoms with van der Waals surface area (Å²) in [6.45, 7) is 4.82. The van der Waals surface area contributed by atoms with Crippen molar-refractivity contribution < 1.29 is 9.18 Å². The van der Waals surface area contributed by atoms with Gasteiger partial charge in [0.05, 0.1) is 5.69 Å². The molecule has 8 nitrogen and oxygen atoms in total. The van der Waals surface area contributed by atoms with Crippen LogP contribution in [0.25, 0.3) is 22.3 Å². The van der Waals surface area contributed by atoms with Crippen LogP contribution in [0.3, 0.4) is 0 Å². The van der Waals surface area contributed by atoms with E-state index in [0.717, 1.165) is 64.3 Å². The van der Waals surface area contributed by atoms with Gasteiger partial charge < -0.3 is 14.8 Å². The number of hydrogen-bond donors (Lipinski definition) is 1. The van der Waals surface area contributed by atoms with Gasteiger partial charge in [0.15, 0.2) is 0 Å². The molecule has 0 bridgehead atoms. The van der Waals surface area contributed by atoms with Crippen LogP contribution in [0.4, 0.5) is 10.1 Å². The molecule has 3 aromatic heterocycles. The Morgan fingerprint density at radius 2 is 2.00 bits per heavy atom. The minimum atomic E-state index is -0.352. The number of nitrogens with zero attached hydrogens (tertiary/aromatic N) is 5. The Bertz CT molecular complexity index is 1730. The van der Waals surface area contributed by atoms with E-state index >= 15 is 4.39 Å². The van der Waals surface area contributed by atoms with Crippen LogP contribution < -0.4 is 10.9 Å². The Balaban J connectivity index is 1.25. The van der Waals surface area contributed by atoms with Gasteiger partial charge in [-0.1, -0.05) is 6.08 Å². The van der Waals surface area contributed by atoms with Crippen LogP contribution in [0.15, 0.2) is 53.6 Å². The number of aromatic nitrogens is 3. The summed E-state index contributed by atoms with van der Waals surface area (Å²) in [5, 5.41) is 4.21. The summed E-state index contributed by atoms with van der Waals surface area (Å²) in [5.41, 5.74) is 7.22. The Morgan fingerprint density at radius 3 is 2.73 bits per heavy atom. The molecule has 0 radical (unpaired) electrons. The zero-order chi connectivity index (χ0) is 28.1. The molecule has 5 heterocycles. The van der Waals surface area contributed by atoms with Gasteiger partial charge in [-0.25, -0.2) is 9.37 Å². The van der Waals surface area contributed by atoms with E-state index in [1.807, 2.05) is 32.3 Å². The number of pyridine rings is 2. The number of rotatable bonds is 5. The number of carbonyl (C=O) groups is 1. The molecule has 0 saturated carbocycles. The van der Waals surface area contributed by atoms with Gasteiger partial charge in [0, 0.05) is 93.2 Å². The molecular weight excluding hydrogens is 507 g/mol. The van der Waals surface area contributed by atoms with Crippen LogP contribution in [0, 0.1) is 12.7 Å². The lowest BCUT2D eigenvalue weighted by molar-refractivity contribution is 0.0827. The van der Waals surface area contributed by atoms with Crippen molar-refractivity contribution in [2.45, 2.75) is 26.3 Å². The van der Waals surface area contributed by atoms with Crippen molar-refractivity contribution in [3.8, 4) is 5.69 Å². The molecule has 2 aliphatic rings. The van der Waals surface area contributed by atoms with Crippen LogP contribution in [0.5, 0.6) is 0 Å².